The lowest BCUT2D eigenvalue weighted by Crippen LogP contribution is -2.00. The van der Waals surface area contributed by atoms with E-state index in [-0.39, 0.29) is 0 Å². The van der Waals surface area contributed by atoms with E-state index in [4.69, 9.17) is 4.74 Å². The summed E-state index contributed by atoms with van der Waals surface area (Å²) >= 11 is 0. The molecule has 0 amide bonds. The van der Waals surface area contributed by atoms with Gasteiger partial charge in [0.1, 0.15) is 18.2 Å². The zero-order valence-corrected chi connectivity index (χ0v) is 11.5. The molecule has 0 aliphatic carbocycles. The Kier molecular flexibility index (Phi) is 3.70. The molecule has 96 valence electrons. The first-order valence-corrected chi connectivity index (χ1v) is 6.30. The molecule has 0 saturated heterocycles. The first kappa shape index (κ1) is 12.7. The molecule has 2 aromatic rings. The Morgan fingerprint density at radius 1 is 1.28 bits per heavy atom. The third-order valence-corrected chi connectivity index (χ3v) is 2.90. The van der Waals surface area contributed by atoms with Crippen LogP contribution in [0.5, 0.6) is 5.75 Å². The summed E-state index contributed by atoms with van der Waals surface area (Å²) < 4.78 is 7.91. The van der Waals surface area contributed by atoms with Gasteiger partial charge in [0.2, 0.25) is 0 Å². The molecule has 0 aliphatic rings. The average molecular weight is 244 g/mol. The Morgan fingerprint density at radius 2 is 2.06 bits per heavy atom. The molecule has 3 heteroatoms. The maximum atomic E-state index is 5.75. The first-order valence-electron chi connectivity index (χ1n) is 6.30. The van der Waals surface area contributed by atoms with Gasteiger partial charge < -0.3 is 9.30 Å². The summed E-state index contributed by atoms with van der Waals surface area (Å²) in [4.78, 5) is 4.51. The monoisotopic (exact) mass is 244 g/mol. The van der Waals surface area contributed by atoms with E-state index in [1.165, 1.54) is 5.56 Å². The van der Waals surface area contributed by atoms with Gasteiger partial charge in [0.15, 0.2) is 0 Å². The zero-order valence-electron chi connectivity index (χ0n) is 11.5. The van der Waals surface area contributed by atoms with Crippen molar-refractivity contribution in [2.75, 3.05) is 0 Å². The first-order chi connectivity index (χ1) is 8.56. The van der Waals surface area contributed by atoms with Gasteiger partial charge in [-0.05, 0) is 45.4 Å². The SMILES string of the molecule is Cc1cccc(OCc2cn(C(C)C)c(C)n2)c1. The summed E-state index contributed by atoms with van der Waals surface area (Å²) in [5.74, 6) is 1.93. The molecule has 0 saturated carbocycles. The Bertz CT molecular complexity index is 529. The third-order valence-electron chi connectivity index (χ3n) is 2.90. The van der Waals surface area contributed by atoms with Gasteiger partial charge in [-0.15, -0.1) is 0 Å². The number of aryl methyl sites for hydroxylation is 2. The van der Waals surface area contributed by atoms with E-state index in [0.29, 0.717) is 12.6 Å². The van der Waals surface area contributed by atoms with Crippen LogP contribution in [0.4, 0.5) is 0 Å². The molecule has 1 heterocycles. The number of imidazole rings is 1. The van der Waals surface area contributed by atoms with Crippen LogP contribution in [0.2, 0.25) is 0 Å². The largest absolute Gasteiger partial charge is 0.487 e. The number of benzene rings is 1. The second-order valence-electron chi connectivity index (χ2n) is 4.89. The fraction of sp³-hybridized carbons (Fsp3) is 0.400. The van der Waals surface area contributed by atoms with Gasteiger partial charge in [0.05, 0.1) is 5.69 Å². The summed E-state index contributed by atoms with van der Waals surface area (Å²) in [6.45, 7) is 8.91. The molecule has 0 bridgehead atoms. The second kappa shape index (κ2) is 5.25. The highest BCUT2D eigenvalue weighted by molar-refractivity contribution is 5.27. The van der Waals surface area contributed by atoms with E-state index in [0.717, 1.165) is 17.3 Å². The Balaban J connectivity index is 2.04. The molecule has 0 atom stereocenters. The van der Waals surface area contributed by atoms with Crippen molar-refractivity contribution in [2.24, 2.45) is 0 Å². The van der Waals surface area contributed by atoms with E-state index >= 15 is 0 Å². The van der Waals surface area contributed by atoms with Crippen molar-refractivity contribution < 1.29 is 4.74 Å². The van der Waals surface area contributed by atoms with Crippen molar-refractivity contribution in [3.8, 4) is 5.75 Å². The minimum atomic E-state index is 0.435. The Hall–Kier alpha value is -1.77. The van der Waals surface area contributed by atoms with E-state index in [1.807, 2.05) is 25.1 Å². The molecule has 0 radical (unpaired) electrons. The predicted molar refractivity (Wildman–Crippen MR) is 72.9 cm³/mol. The Morgan fingerprint density at radius 3 is 2.67 bits per heavy atom. The van der Waals surface area contributed by atoms with Crippen molar-refractivity contribution in [1.29, 1.82) is 0 Å². The number of aromatic nitrogens is 2. The highest BCUT2D eigenvalue weighted by Crippen LogP contribution is 2.15. The number of hydrogen-bond acceptors (Lipinski definition) is 2. The highest BCUT2D eigenvalue weighted by atomic mass is 16.5. The van der Waals surface area contributed by atoms with Crippen LogP contribution in [0.15, 0.2) is 30.5 Å². The molecule has 0 N–H and O–H groups in total. The third kappa shape index (κ3) is 2.92. The lowest BCUT2D eigenvalue weighted by Gasteiger charge is -2.07. The van der Waals surface area contributed by atoms with Gasteiger partial charge in [-0.3, -0.25) is 0 Å². The second-order valence-corrected chi connectivity index (χ2v) is 4.89. The molecule has 2 rings (SSSR count). The lowest BCUT2D eigenvalue weighted by molar-refractivity contribution is 0.301. The smallest absolute Gasteiger partial charge is 0.132 e. The minimum Gasteiger partial charge on any atom is -0.487 e. The van der Waals surface area contributed by atoms with Crippen LogP contribution in [-0.2, 0) is 6.61 Å². The number of hydrogen-bond donors (Lipinski definition) is 0. The van der Waals surface area contributed by atoms with Crippen LogP contribution in [0.3, 0.4) is 0 Å². The van der Waals surface area contributed by atoms with Gasteiger partial charge >= 0.3 is 0 Å². The fourth-order valence-corrected chi connectivity index (χ4v) is 2.00. The average Bonchev–Trinajstić information content (AvgIpc) is 2.68. The van der Waals surface area contributed by atoms with Crippen molar-refractivity contribution in [2.45, 2.75) is 40.3 Å². The molecule has 0 fully saturated rings. The molecule has 3 nitrogen and oxygen atoms in total. The van der Waals surface area contributed by atoms with Crippen LogP contribution in [-0.4, -0.2) is 9.55 Å². The van der Waals surface area contributed by atoms with Gasteiger partial charge in [-0.25, -0.2) is 4.98 Å². The number of ether oxygens (including phenoxy) is 1. The van der Waals surface area contributed by atoms with E-state index < -0.39 is 0 Å². The summed E-state index contributed by atoms with van der Waals surface area (Å²) in [6.07, 6.45) is 2.07. The molecular formula is C15H20N2O. The minimum absolute atomic E-state index is 0.435. The molecular weight excluding hydrogens is 224 g/mol. The maximum Gasteiger partial charge on any atom is 0.132 e. The topological polar surface area (TPSA) is 27.1 Å². The molecule has 1 aromatic heterocycles. The quantitative estimate of drug-likeness (QED) is 0.820. The molecule has 0 unspecified atom stereocenters. The lowest BCUT2D eigenvalue weighted by atomic mass is 10.2. The van der Waals surface area contributed by atoms with Crippen LogP contribution in [0.1, 0.15) is 37.0 Å². The predicted octanol–water partition coefficient (Wildman–Crippen LogP) is 3.66. The molecule has 0 spiro atoms. The van der Waals surface area contributed by atoms with Crippen LogP contribution in [0.25, 0.3) is 0 Å². The van der Waals surface area contributed by atoms with Gasteiger partial charge in [-0.1, -0.05) is 12.1 Å². The van der Waals surface area contributed by atoms with Crippen LogP contribution >= 0.6 is 0 Å². The Labute approximate surface area is 108 Å². The van der Waals surface area contributed by atoms with Crippen LogP contribution in [0, 0.1) is 13.8 Å². The zero-order chi connectivity index (χ0) is 13.1. The van der Waals surface area contributed by atoms with Gasteiger partial charge in [0, 0.05) is 12.2 Å². The van der Waals surface area contributed by atoms with Gasteiger partial charge in [0.25, 0.3) is 0 Å². The fourth-order valence-electron chi connectivity index (χ4n) is 2.00. The standard InChI is InChI=1S/C15H20N2O/c1-11(2)17-9-14(16-13(17)4)10-18-15-7-5-6-12(3)8-15/h5-9,11H,10H2,1-4H3. The summed E-state index contributed by atoms with van der Waals surface area (Å²) in [6, 6.07) is 8.50. The van der Waals surface area contributed by atoms with Crippen molar-refractivity contribution in [3.05, 3.63) is 47.5 Å². The van der Waals surface area contributed by atoms with Crippen LogP contribution < -0.4 is 4.74 Å². The van der Waals surface area contributed by atoms with E-state index in [2.05, 4.69) is 42.6 Å². The number of rotatable bonds is 4. The van der Waals surface area contributed by atoms with Crippen molar-refractivity contribution >= 4 is 0 Å². The summed E-state index contributed by atoms with van der Waals surface area (Å²) in [5, 5.41) is 0. The van der Waals surface area contributed by atoms with E-state index in [1.54, 1.807) is 0 Å². The van der Waals surface area contributed by atoms with Crippen molar-refractivity contribution in [3.63, 3.8) is 0 Å². The van der Waals surface area contributed by atoms with Gasteiger partial charge in [-0.2, -0.15) is 0 Å². The normalized spacial score (nSPS) is 10.9. The molecule has 18 heavy (non-hydrogen) atoms. The molecule has 0 aliphatic heterocycles. The van der Waals surface area contributed by atoms with E-state index in [9.17, 15) is 0 Å². The highest BCUT2D eigenvalue weighted by Gasteiger charge is 2.07. The molecule has 1 aromatic carbocycles. The summed E-state index contributed by atoms with van der Waals surface area (Å²) in [5.41, 5.74) is 2.18. The number of nitrogens with zero attached hydrogens (tertiary/aromatic N) is 2. The summed E-state index contributed by atoms with van der Waals surface area (Å²) in [7, 11) is 0. The maximum absolute atomic E-state index is 5.75. The van der Waals surface area contributed by atoms with Crippen molar-refractivity contribution in [1.82, 2.24) is 9.55 Å².